The zero-order chi connectivity index (χ0) is 39.4. The molecule has 3 heterocycles. The highest BCUT2D eigenvalue weighted by Gasteiger charge is 2.64. The van der Waals surface area contributed by atoms with Crippen LogP contribution in [0.2, 0.25) is 5.02 Å². The molecule has 14 heteroatoms. The number of ether oxygens (including phenoxy) is 1. The molecular formula is C41H42ClFN6O6. The van der Waals surface area contributed by atoms with Crippen LogP contribution in [0.3, 0.4) is 0 Å². The third kappa shape index (κ3) is 6.93. The molecule has 0 spiro atoms. The molecule has 55 heavy (non-hydrogen) atoms. The number of piperazine rings is 1. The van der Waals surface area contributed by atoms with E-state index in [2.05, 4.69) is 20.4 Å². The maximum atomic E-state index is 15.4. The number of nitriles is 1. The smallest absolute Gasteiger partial charge is 0.262 e. The molecular weight excluding hydrogens is 727 g/mol. The van der Waals surface area contributed by atoms with Gasteiger partial charge in [-0.1, -0.05) is 45.4 Å². The van der Waals surface area contributed by atoms with E-state index in [1.165, 1.54) is 12.1 Å². The maximum Gasteiger partial charge on any atom is 0.262 e. The lowest BCUT2D eigenvalue weighted by atomic mass is 9.49. The highest BCUT2D eigenvalue weighted by molar-refractivity contribution is 6.31. The second kappa shape index (κ2) is 14.4. The summed E-state index contributed by atoms with van der Waals surface area (Å²) in [4.78, 5) is 69.1. The molecule has 3 aromatic rings. The van der Waals surface area contributed by atoms with E-state index < -0.39 is 52.2 Å². The molecule has 1 saturated carbocycles. The fourth-order valence-corrected chi connectivity index (χ4v) is 9.09. The number of carbonyl (C=O) groups excluding carboxylic acids is 5. The Morgan fingerprint density at radius 3 is 2.33 bits per heavy atom. The van der Waals surface area contributed by atoms with Gasteiger partial charge in [-0.15, -0.1) is 0 Å². The summed E-state index contributed by atoms with van der Waals surface area (Å²) in [6.45, 7) is 11.5. The quantitative estimate of drug-likeness (QED) is 0.295. The number of nitrogens with one attached hydrogen (secondary N) is 2. The largest absolute Gasteiger partial charge is 0.489 e. The molecule has 0 aromatic heterocycles. The number of hydrogen-bond donors (Lipinski definition) is 2. The number of benzene rings is 3. The Morgan fingerprint density at radius 2 is 1.67 bits per heavy atom. The maximum absolute atomic E-state index is 15.4. The molecule has 2 saturated heterocycles. The summed E-state index contributed by atoms with van der Waals surface area (Å²) in [5, 5.41) is 14.8. The van der Waals surface area contributed by atoms with E-state index in [4.69, 9.17) is 16.3 Å². The topological polar surface area (TPSA) is 152 Å². The lowest BCUT2D eigenvalue weighted by molar-refractivity contribution is -0.164. The first-order chi connectivity index (χ1) is 26.1. The van der Waals surface area contributed by atoms with E-state index in [-0.39, 0.29) is 41.7 Å². The van der Waals surface area contributed by atoms with Crippen molar-refractivity contribution in [1.82, 2.24) is 20.4 Å². The van der Waals surface area contributed by atoms with Crippen LogP contribution < -0.4 is 20.3 Å². The molecule has 3 fully saturated rings. The summed E-state index contributed by atoms with van der Waals surface area (Å²) < 4.78 is 21.7. The van der Waals surface area contributed by atoms with Crippen molar-refractivity contribution in [3.8, 4) is 11.8 Å². The van der Waals surface area contributed by atoms with E-state index in [1.807, 2.05) is 33.8 Å². The standard InChI is InChI=1S/C41H42ClFN6O6/c1-40(2)38(41(3,4)39(40)55-26-8-6-24(22-44)30(42)21-26)46-34(51)28-9-5-23(19-31(28)43)13-14-47-15-17-48(18-16-47)25-7-10-27-29(20-25)37(54)49(36(27)53)32-11-12-33(50)45-35(32)52/h5-10,19-21,32,38-39H,11-18H2,1-4H3,(H,46,51)(H,45,50,52)/t32?,38-,39-. The Labute approximate surface area is 323 Å². The first-order valence-electron chi connectivity index (χ1n) is 18.4. The molecule has 1 unspecified atom stereocenters. The molecule has 3 aromatic carbocycles. The van der Waals surface area contributed by atoms with E-state index in [1.54, 1.807) is 42.5 Å². The van der Waals surface area contributed by atoms with Crippen LogP contribution >= 0.6 is 11.6 Å². The number of amides is 5. The van der Waals surface area contributed by atoms with Crippen molar-refractivity contribution in [2.45, 2.75) is 65.1 Å². The van der Waals surface area contributed by atoms with Crippen LogP contribution in [0.25, 0.3) is 0 Å². The first kappa shape index (κ1) is 38.0. The fraction of sp³-hybridized carbons (Fsp3) is 0.415. The van der Waals surface area contributed by atoms with Crippen molar-refractivity contribution in [3.05, 3.63) is 93.3 Å². The molecule has 7 rings (SSSR count). The summed E-state index contributed by atoms with van der Waals surface area (Å²) in [5.41, 5.74) is 1.42. The predicted molar refractivity (Wildman–Crippen MR) is 201 cm³/mol. The summed E-state index contributed by atoms with van der Waals surface area (Å²) in [5.74, 6) is -2.68. The van der Waals surface area contributed by atoms with Crippen molar-refractivity contribution in [3.63, 3.8) is 0 Å². The zero-order valence-electron chi connectivity index (χ0n) is 31.1. The van der Waals surface area contributed by atoms with Crippen LogP contribution in [0.1, 0.15) is 82.7 Å². The number of carbonyl (C=O) groups is 5. The molecule has 4 aliphatic rings. The minimum absolute atomic E-state index is 0.0260. The average molecular weight is 769 g/mol. The molecule has 2 N–H and O–H groups in total. The summed E-state index contributed by atoms with van der Waals surface area (Å²) in [6, 6.07) is 15.5. The van der Waals surface area contributed by atoms with Gasteiger partial charge in [-0.3, -0.25) is 39.1 Å². The van der Waals surface area contributed by atoms with Gasteiger partial charge in [0, 0.05) is 67.8 Å². The van der Waals surface area contributed by atoms with Gasteiger partial charge in [-0.25, -0.2) is 4.39 Å². The van der Waals surface area contributed by atoms with Crippen LogP contribution in [0.4, 0.5) is 10.1 Å². The predicted octanol–water partition coefficient (Wildman–Crippen LogP) is 4.73. The molecule has 0 radical (unpaired) electrons. The van der Waals surface area contributed by atoms with Crippen LogP contribution in [-0.4, -0.2) is 90.2 Å². The normalized spacial score (nSPS) is 23.1. The molecule has 1 aliphatic carbocycles. The van der Waals surface area contributed by atoms with Gasteiger partial charge in [0.2, 0.25) is 11.8 Å². The number of fused-ring (bicyclic) bond motifs is 1. The van der Waals surface area contributed by atoms with Crippen molar-refractivity contribution in [2.75, 3.05) is 37.6 Å². The van der Waals surface area contributed by atoms with Crippen LogP contribution in [0.15, 0.2) is 54.6 Å². The average Bonchev–Trinajstić information content (AvgIpc) is 3.40. The van der Waals surface area contributed by atoms with Crippen molar-refractivity contribution in [1.29, 1.82) is 5.26 Å². The van der Waals surface area contributed by atoms with Gasteiger partial charge >= 0.3 is 0 Å². The molecule has 0 bridgehead atoms. The first-order valence-corrected chi connectivity index (χ1v) is 18.8. The molecule has 286 valence electrons. The lowest BCUT2D eigenvalue weighted by Crippen LogP contribution is -2.74. The summed E-state index contributed by atoms with van der Waals surface area (Å²) in [7, 11) is 0. The van der Waals surface area contributed by atoms with Crippen molar-refractivity contribution in [2.24, 2.45) is 10.8 Å². The minimum Gasteiger partial charge on any atom is -0.489 e. The molecule has 12 nitrogen and oxygen atoms in total. The highest BCUT2D eigenvalue weighted by atomic mass is 35.5. The number of imide groups is 2. The number of piperidine rings is 1. The molecule has 3 aliphatic heterocycles. The SMILES string of the molecule is CC1(C)[C@H](NC(=O)c2ccc(CCN3CCN(c4ccc5c(c4)C(=O)N(C4CCC(=O)NC4=O)C5=O)CC3)cc2F)C(C)(C)[C@H]1Oc1ccc(C#N)c(Cl)c1. The third-order valence-electron chi connectivity index (χ3n) is 11.6. The Morgan fingerprint density at radius 1 is 0.964 bits per heavy atom. The summed E-state index contributed by atoms with van der Waals surface area (Å²) >= 11 is 6.21. The lowest BCUT2D eigenvalue weighted by Gasteiger charge is -2.63. The number of hydrogen-bond acceptors (Lipinski definition) is 9. The Bertz CT molecular complexity index is 2140. The van der Waals surface area contributed by atoms with Crippen molar-refractivity contribution >= 4 is 46.8 Å². The number of halogens is 2. The van der Waals surface area contributed by atoms with Crippen molar-refractivity contribution < 1.29 is 33.1 Å². The second-order valence-corrected chi connectivity index (χ2v) is 16.3. The summed E-state index contributed by atoms with van der Waals surface area (Å²) in [6.07, 6.45) is 0.466. The van der Waals surface area contributed by atoms with Gasteiger partial charge in [0.1, 0.15) is 29.8 Å². The zero-order valence-corrected chi connectivity index (χ0v) is 31.8. The Kier molecular flexibility index (Phi) is 9.94. The van der Waals surface area contributed by atoms with Gasteiger partial charge in [0.05, 0.1) is 27.3 Å². The van der Waals surface area contributed by atoms with Gasteiger partial charge in [0.25, 0.3) is 17.7 Å². The van der Waals surface area contributed by atoms with Gasteiger partial charge in [0.15, 0.2) is 0 Å². The minimum atomic E-state index is -1.01. The van der Waals surface area contributed by atoms with Crippen LogP contribution in [0, 0.1) is 28.0 Å². The van der Waals surface area contributed by atoms with E-state index in [0.29, 0.717) is 42.4 Å². The monoisotopic (exact) mass is 768 g/mol. The fourth-order valence-electron chi connectivity index (χ4n) is 8.88. The number of anilines is 1. The van der Waals surface area contributed by atoms with Crippen LogP contribution in [0.5, 0.6) is 5.75 Å². The highest BCUT2D eigenvalue weighted by Crippen LogP contribution is 2.55. The van der Waals surface area contributed by atoms with E-state index >= 15 is 4.39 Å². The van der Waals surface area contributed by atoms with E-state index in [9.17, 15) is 29.2 Å². The second-order valence-electron chi connectivity index (χ2n) is 15.9. The van der Waals surface area contributed by atoms with Crippen LogP contribution in [-0.2, 0) is 16.0 Å². The number of rotatable bonds is 9. The third-order valence-corrected chi connectivity index (χ3v) is 11.9. The van der Waals surface area contributed by atoms with E-state index in [0.717, 1.165) is 29.2 Å². The van der Waals surface area contributed by atoms with Gasteiger partial charge < -0.3 is 15.0 Å². The number of nitrogens with zero attached hydrogens (tertiary/aromatic N) is 4. The molecule has 5 amide bonds. The van der Waals surface area contributed by atoms with Gasteiger partial charge in [-0.05, 0) is 60.9 Å². The molecule has 1 atom stereocenters. The Balaban J connectivity index is 0.908. The van der Waals surface area contributed by atoms with Gasteiger partial charge in [-0.2, -0.15) is 5.26 Å². The Hall–Kier alpha value is -5.32.